The summed E-state index contributed by atoms with van der Waals surface area (Å²) in [6.07, 6.45) is 0. The van der Waals surface area contributed by atoms with Gasteiger partial charge in [-0.1, -0.05) is 6.07 Å². The Morgan fingerprint density at radius 1 is 0.625 bits per heavy atom. The van der Waals surface area contributed by atoms with Gasteiger partial charge < -0.3 is 21.3 Å². The first-order valence-corrected chi connectivity index (χ1v) is 10.1. The molecule has 5 aromatic rings. The van der Waals surface area contributed by atoms with Crippen molar-refractivity contribution in [3.05, 3.63) is 91.0 Å². The van der Waals surface area contributed by atoms with Crippen LogP contribution in [0, 0.1) is 0 Å². The molecule has 0 aliphatic rings. The molecule has 4 aromatic carbocycles. The fourth-order valence-corrected chi connectivity index (χ4v) is 3.54. The largest absolute Gasteiger partial charge is 0.508 e. The summed E-state index contributed by atoms with van der Waals surface area (Å²) in [5, 5.41) is 22.8. The topological polar surface area (TPSA) is 104 Å². The molecular weight excluding hydrogens is 400 g/mol. The van der Waals surface area contributed by atoms with E-state index in [0.29, 0.717) is 17.1 Å². The Balaban J connectivity index is 1.71. The lowest BCUT2D eigenvalue weighted by atomic mass is 10.0. The second-order valence-corrected chi connectivity index (χ2v) is 7.43. The Labute approximate surface area is 184 Å². The van der Waals surface area contributed by atoms with Crippen LogP contribution in [0.2, 0.25) is 0 Å². The monoisotopic (exact) mass is 420 g/mol. The number of hydrogen-bond donors (Lipinski definition) is 4. The number of aromatic nitrogens is 2. The lowest BCUT2D eigenvalue weighted by molar-refractivity contribution is 0.475. The number of nitrogen functional groups attached to an aromatic ring is 1. The fraction of sp³-hybridized carbons (Fsp3) is 0. The number of rotatable bonds is 4. The number of nitrogens with one attached hydrogen (secondary N) is 1. The van der Waals surface area contributed by atoms with E-state index in [0.717, 1.165) is 33.5 Å². The highest BCUT2D eigenvalue weighted by atomic mass is 16.3. The van der Waals surface area contributed by atoms with Crippen molar-refractivity contribution in [1.29, 1.82) is 0 Å². The average Bonchev–Trinajstić information content (AvgIpc) is 2.81. The maximum absolute atomic E-state index is 9.74. The first kappa shape index (κ1) is 19.4. The van der Waals surface area contributed by atoms with Crippen molar-refractivity contribution in [2.24, 2.45) is 0 Å². The Morgan fingerprint density at radius 3 is 1.78 bits per heavy atom. The molecule has 32 heavy (non-hydrogen) atoms. The van der Waals surface area contributed by atoms with Crippen molar-refractivity contribution in [3.8, 4) is 34.0 Å². The van der Waals surface area contributed by atoms with Crippen LogP contribution in [0.5, 0.6) is 11.5 Å². The van der Waals surface area contributed by atoms with Gasteiger partial charge in [-0.25, -0.2) is 9.97 Å². The molecule has 1 aromatic heterocycles. The van der Waals surface area contributed by atoms with Crippen molar-refractivity contribution >= 4 is 28.1 Å². The molecule has 1 heterocycles. The first-order chi connectivity index (χ1) is 15.6. The molecule has 6 heteroatoms. The third-order valence-electron chi connectivity index (χ3n) is 5.17. The molecule has 5 N–H and O–H groups in total. The van der Waals surface area contributed by atoms with E-state index in [2.05, 4.69) is 5.32 Å². The maximum atomic E-state index is 9.74. The van der Waals surface area contributed by atoms with Crippen LogP contribution in [0.4, 0.5) is 17.1 Å². The van der Waals surface area contributed by atoms with Crippen molar-refractivity contribution in [3.63, 3.8) is 0 Å². The quantitative estimate of drug-likeness (QED) is 0.278. The van der Waals surface area contributed by atoms with Gasteiger partial charge >= 0.3 is 0 Å². The summed E-state index contributed by atoms with van der Waals surface area (Å²) >= 11 is 0. The SMILES string of the molecule is Nc1ccc(Nc2cccc3nc(-c4ccc(O)cc4)c(-c4ccc(O)cc4)nc23)cc1. The van der Waals surface area contributed by atoms with Crippen LogP contribution in [0.1, 0.15) is 0 Å². The summed E-state index contributed by atoms with van der Waals surface area (Å²) in [5.74, 6) is 0.364. The van der Waals surface area contributed by atoms with Gasteiger partial charge in [-0.15, -0.1) is 0 Å². The van der Waals surface area contributed by atoms with Gasteiger partial charge in [-0.3, -0.25) is 0 Å². The Hall–Kier alpha value is -4.58. The number of para-hydroxylation sites is 1. The zero-order chi connectivity index (χ0) is 22.1. The lowest BCUT2D eigenvalue weighted by Gasteiger charge is -2.14. The summed E-state index contributed by atoms with van der Waals surface area (Å²) in [5.41, 5.74) is 12.7. The van der Waals surface area contributed by atoms with E-state index in [1.54, 1.807) is 24.3 Å². The molecule has 0 saturated carbocycles. The van der Waals surface area contributed by atoms with Gasteiger partial charge in [0, 0.05) is 22.5 Å². The van der Waals surface area contributed by atoms with Crippen LogP contribution < -0.4 is 11.1 Å². The zero-order valence-electron chi connectivity index (χ0n) is 17.0. The van der Waals surface area contributed by atoms with Crippen LogP contribution in [0.3, 0.4) is 0 Å². The van der Waals surface area contributed by atoms with E-state index in [4.69, 9.17) is 15.7 Å². The second-order valence-electron chi connectivity index (χ2n) is 7.43. The van der Waals surface area contributed by atoms with Crippen LogP contribution in [0.25, 0.3) is 33.5 Å². The lowest BCUT2D eigenvalue weighted by Crippen LogP contribution is -1.99. The van der Waals surface area contributed by atoms with E-state index in [1.165, 1.54) is 0 Å². The number of phenols is 2. The molecule has 0 saturated heterocycles. The van der Waals surface area contributed by atoms with Crippen LogP contribution >= 0.6 is 0 Å². The summed E-state index contributed by atoms with van der Waals surface area (Å²) in [6, 6.07) is 27.0. The smallest absolute Gasteiger partial charge is 0.115 e. The van der Waals surface area contributed by atoms with Crippen LogP contribution in [-0.2, 0) is 0 Å². The third-order valence-corrected chi connectivity index (χ3v) is 5.17. The summed E-state index contributed by atoms with van der Waals surface area (Å²) in [6.45, 7) is 0. The highest BCUT2D eigenvalue weighted by Gasteiger charge is 2.15. The summed E-state index contributed by atoms with van der Waals surface area (Å²) in [4.78, 5) is 9.92. The number of hydrogen-bond acceptors (Lipinski definition) is 6. The number of anilines is 3. The predicted molar refractivity (Wildman–Crippen MR) is 128 cm³/mol. The molecular formula is C26H20N4O2. The summed E-state index contributed by atoms with van der Waals surface area (Å²) < 4.78 is 0. The molecule has 0 spiro atoms. The molecule has 5 rings (SSSR count). The molecule has 6 nitrogen and oxygen atoms in total. The van der Waals surface area contributed by atoms with Crippen LogP contribution in [-0.4, -0.2) is 20.2 Å². The minimum Gasteiger partial charge on any atom is -0.508 e. The minimum atomic E-state index is 0.180. The average molecular weight is 420 g/mol. The van der Waals surface area contributed by atoms with Gasteiger partial charge in [0.25, 0.3) is 0 Å². The number of fused-ring (bicyclic) bond motifs is 1. The number of nitrogens with zero attached hydrogens (tertiary/aromatic N) is 2. The summed E-state index contributed by atoms with van der Waals surface area (Å²) in [7, 11) is 0. The minimum absolute atomic E-state index is 0.180. The predicted octanol–water partition coefficient (Wildman–Crippen LogP) is 5.70. The van der Waals surface area contributed by atoms with Crippen molar-refractivity contribution in [2.75, 3.05) is 11.1 Å². The third kappa shape index (κ3) is 3.77. The van der Waals surface area contributed by atoms with Crippen LogP contribution in [0.15, 0.2) is 91.0 Å². The Morgan fingerprint density at radius 2 is 1.19 bits per heavy atom. The molecule has 0 atom stereocenters. The normalized spacial score (nSPS) is 10.9. The van der Waals surface area contributed by atoms with E-state index < -0.39 is 0 Å². The number of nitrogens with two attached hydrogens (primary N) is 1. The van der Waals surface area contributed by atoms with Crippen molar-refractivity contribution in [1.82, 2.24) is 9.97 Å². The van der Waals surface area contributed by atoms with Gasteiger partial charge in [0.1, 0.15) is 17.0 Å². The van der Waals surface area contributed by atoms with Gasteiger partial charge in [-0.05, 0) is 84.9 Å². The molecule has 0 unspecified atom stereocenters. The molecule has 156 valence electrons. The Bertz CT molecular complexity index is 1400. The van der Waals surface area contributed by atoms with Gasteiger partial charge in [-0.2, -0.15) is 0 Å². The first-order valence-electron chi connectivity index (χ1n) is 10.1. The maximum Gasteiger partial charge on any atom is 0.115 e. The van der Waals surface area contributed by atoms with Gasteiger partial charge in [0.05, 0.1) is 22.6 Å². The second kappa shape index (κ2) is 7.92. The number of phenolic OH excluding ortho intramolecular Hbond substituents is 2. The van der Waals surface area contributed by atoms with Crippen molar-refractivity contribution < 1.29 is 10.2 Å². The zero-order valence-corrected chi connectivity index (χ0v) is 17.0. The molecule has 0 amide bonds. The number of aromatic hydroxyl groups is 2. The highest BCUT2D eigenvalue weighted by Crippen LogP contribution is 2.34. The molecule has 0 radical (unpaired) electrons. The molecule has 0 aliphatic heterocycles. The molecule has 0 bridgehead atoms. The highest BCUT2D eigenvalue weighted by molar-refractivity contribution is 5.94. The Kier molecular flexibility index (Phi) is 4.80. The van der Waals surface area contributed by atoms with Gasteiger partial charge in [0.2, 0.25) is 0 Å². The van der Waals surface area contributed by atoms with Gasteiger partial charge in [0.15, 0.2) is 0 Å². The molecule has 0 aliphatic carbocycles. The van der Waals surface area contributed by atoms with E-state index in [-0.39, 0.29) is 11.5 Å². The standard InChI is InChI=1S/C26H20N4O2/c27-18-8-10-19(11-9-18)28-22-2-1-3-23-26(22)30-25(17-6-14-21(32)15-7-17)24(29-23)16-4-12-20(31)13-5-16/h1-15,28,31-32H,27H2. The molecule has 0 fully saturated rings. The number of benzene rings is 4. The van der Waals surface area contributed by atoms with Crippen molar-refractivity contribution in [2.45, 2.75) is 0 Å². The van der Waals surface area contributed by atoms with E-state index >= 15 is 0 Å². The fourth-order valence-electron chi connectivity index (χ4n) is 3.54. The van der Waals surface area contributed by atoms with E-state index in [9.17, 15) is 10.2 Å². The van der Waals surface area contributed by atoms with E-state index in [1.807, 2.05) is 66.7 Å².